The van der Waals surface area contributed by atoms with Crippen molar-refractivity contribution in [2.75, 3.05) is 112 Å². The van der Waals surface area contributed by atoms with Crippen LogP contribution in [0.25, 0.3) is 22.5 Å². The quantitative estimate of drug-likeness (QED) is 0.0167. The van der Waals surface area contributed by atoms with E-state index in [-0.39, 0.29) is 89.4 Å². The van der Waals surface area contributed by atoms with Gasteiger partial charge in [0, 0.05) is 182 Å². The van der Waals surface area contributed by atoms with E-state index in [1.54, 1.807) is 72.3 Å². The molecule has 0 spiro atoms. The first kappa shape index (κ1) is 90.6. The summed E-state index contributed by atoms with van der Waals surface area (Å²) in [4.78, 5) is 180. The number of nitrogens with zero attached hydrogens (tertiary/aromatic N) is 10. The third-order valence-corrected chi connectivity index (χ3v) is 28.8. The van der Waals surface area contributed by atoms with Gasteiger partial charge in [0.2, 0.25) is 35.4 Å². The van der Waals surface area contributed by atoms with E-state index in [4.69, 9.17) is 14.7 Å². The Kier molecular flexibility index (Phi) is 27.3. The maximum atomic E-state index is 13.9. The number of fused-ring (bicyclic) bond motifs is 4. The van der Waals surface area contributed by atoms with Crippen molar-refractivity contribution in [2.24, 2.45) is 14.1 Å². The second-order valence-corrected chi connectivity index (χ2v) is 37.4. The van der Waals surface area contributed by atoms with Gasteiger partial charge >= 0.3 is 0 Å². The fourth-order valence-electron chi connectivity index (χ4n) is 18.9. The number of piperazine rings is 2. The molecule has 0 bridgehead atoms. The molecule has 2 aliphatic carbocycles. The van der Waals surface area contributed by atoms with Crippen LogP contribution in [0.5, 0.6) is 0 Å². The summed E-state index contributed by atoms with van der Waals surface area (Å²) < 4.78 is 8.94. The molecule has 10 amide bonds. The van der Waals surface area contributed by atoms with Gasteiger partial charge in [-0.3, -0.25) is 78.0 Å². The predicted molar refractivity (Wildman–Crippen MR) is 507 cm³/mol. The summed E-state index contributed by atoms with van der Waals surface area (Å²) in [7, 11) is 7.27. The molecular formula is C99H108N18O13S2. The highest BCUT2D eigenvalue weighted by Crippen LogP contribution is 2.40. The molecule has 8 N–H and O–H groups in total. The van der Waals surface area contributed by atoms with Crippen LogP contribution in [0.4, 0.5) is 45.8 Å². The minimum atomic E-state index is -0.679. The molecule has 4 saturated heterocycles. The van der Waals surface area contributed by atoms with Crippen molar-refractivity contribution in [3.05, 3.63) is 242 Å². The molecule has 4 fully saturated rings. The fourth-order valence-corrected chi connectivity index (χ4v) is 21.2. The number of likely N-dealkylation sites (N-methyl/N-ethyl adjacent to an activating group) is 2. The number of unbranched alkanes of at least 4 members (excludes halogenated alkanes) is 2. The average Bonchev–Trinajstić information content (AvgIpc) is 1.58. The number of thiophene rings is 2. The van der Waals surface area contributed by atoms with Gasteiger partial charge in [-0.25, -0.2) is 9.97 Å². The highest BCUT2D eigenvalue weighted by atomic mass is 32.1. The minimum Gasteiger partial charge on any atom is -0.385 e. The van der Waals surface area contributed by atoms with Crippen molar-refractivity contribution < 1.29 is 52.7 Å². The molecule has 4 aromatic heterocycles. The van der Waals surface area contributed by atoms with Crippen LogP contribution < -0.4 is 53.7 Å². The summed E-state index contributed by atoms with van der Waals surface area (Å²) in [6.45, 7) is 10.1. The van der Waals surface area contributed by atoms with Gasteiger partial charge in [-0.05, 0) is 218 Å². The summed E-state index contributed by atoms with van der Waals surface area (Å²) >= 11 is 3.16. The van der Waals surface area contributed by atoms with E-state index in [1.165, 1.54) is 34.9 Å². The molecule has 10 heterocycles. The molecular weight excluding hydrogens is 1710 g/mol. The van der Waals surface area contributed by atoms with Gasteiger partial charge in [-0.15, -0.1) is 22.7 Å². The number of hydrogen-bond donors (Lipinski definition) is 8. The number of benzene rings is 6. The van der Waals surface area contributed by atoms with Gasteiger partial charge in [0.25, 0.3) is 34.7 Å². The van der Waals surface area contributed by atoms with Crippen LogP contribution in [0.3, 0.4) is 0 Å². The number of carbonyl (C=O) groups is 10. The number of amides is 10. The summed E-state index contributed by atoms with van der Waals surface area (Å²) in [5.74, 6) is -1.83. The van der Waals surface area contributed by atoms with E-state index in [0.29, 0.717) is 129 Å². The second kappa shape index (κ2) is 39.8. The standard InChI is InChI=1S/C50H55N9O6S.C49H53N9O7S/c1-30-34(12-9-14-37(30)54-47(62)42-27-32-11-5-6-16-41(32)66-42)39-29-57(3)50(65)45(53-39)52-33-19-17-31(18-20-33)44-49(64)58(26-25-56(44)2)24-8-4-7-23-51-38-15-10-13-35-36(38)28-59(48(35)63)40-21-22-43(60)55-46(40)61;1-29-33(9-6-11-36(29)53-46(61)41-26-31-8-4-5-13-40(31)66-41)38-28-56(3)49(64)44(52-38)51-32-16-14-30(15-17-32)43-48(63)57(22-21-55(43)2)23-25-65-24-20-50-37-12-7-10-34-35(37)27-58(47(34)62)39-18-19-42(59)54-45(39)60/h9-10,12-15,17-20,27,29,40,44,51H,4-8,11,16,21-26,28H2,1-3H3,(H,52,53)(H,54,62)(H,55,60,61);6-7,9-12,14-17,26,28,39,43,50H,4-5,8,13,18-25,27H2,1-3H3,(H,51,52)(H,53,61)(H,54,59,60)/t40?,44-;39?,43-/m11/s1. The Bertz CT molecular complexity index is 5900. The lowest BCUT2D eigenvalue weighted by Crippen LogP contribution is -2.52. The molecule has 4 atom stereocenters. The van der Waals surface area contributed by atoms with Crippen LogP contribution in [-0.4, -0.2) is 199 Å². The van der Waals surface area contributed by atoms with Gasteiger partial charge < -0.3 is 65.4 Å². The van der Waals surface area contributed by atoms with Crippen LogP contribution in [0, 0.1) is 13.8 Å². The van der Waals surface area contributed by atoms with E-state index < -0.39 is 36.0 Å². The summed E-state index contributed by atoms with van der Waals surface area (Å²) in [5, 5.41) is 24.2. The van der Waals surface area contributed by atoms with E-state index in [9.17, 15) is 57.5 Å². The Morgan fingerprint density at radius 2 is 0.886 bits per heavy atom. The maximum Gasteiger partial charge on any atom is 0.293 e. The molecule has 132 heavy (non-hydrogen) atoms. The van der Waals surface area contributed by atoms with Crippen LogP contribution in [0.2, 0.25) is 0 Å². The first-order valence-electron chi connectivity index (χ1n) is 45.4. The van der Waals surface area contributed by atoms with E-state index in [1.807, 2.05) is 158 Å². The number of anilines is 8. The number of aryl methyl sites for hydroxylation is 6. The lowest BCUT2D eigenvalue weighted by atomic mass is 9.99. The molecule has 18 rings (SSSR count). The summed E-state index contributed by atoms with van der Waals surface area (Å²) in [6.07, 6.45) is 15.8. The third-order valence-electron chi connectivity index (χ3n) is 26.3. The molecule has 8 aliphatic rings. The Hall–Kier alpha value is -13.3. The van der Waals surface area contributed by atoms with Crippen molar-refractivity contribution in [1.29, 1.82) is 0 Å². The van der Waals surface area contributed by atoms with Crippen molar-refractivity contribution in [2.45, 2.75) is 147 Å². The smallest absolute Gasteiger partial charge is 0.293 e. The topological polar surface area (TPSA) is 365 Å². The van der Waals surface area contributed by atoms with E-state index in [0.717, 1.165) is 138 Å². The molecule has 0 saturated carbocycles. The average molecular weight is 1820 g/mol. The van der Waals surface area contributed by atoms with Crippen LogP contribution in [0.15, 0.2) is 155 Å². The van der Waals surface area contributed by atoms with Gasteiger partial charge in [-0.1, -0.05) is 60.7 Å². The number of imide groups is 2. The zero-order chi connectivity index (χ0) is 92.1. The van der Waals surface area contributed by atoms with Crippen LogP contribution >= 0.6 is 22.7 Å². The number of nitrogens with one attached hydrogen (secondary N) is 8. The largest absolute Gasteiger partial charge is 0.385 e. The summed E-state index contributed by atoms with van der Waals surface area (Å²) in [6, 6.07) is 39.2. The van der Waals surface area contributed by atoms with Gasteiger partial charge in [0.1, 0.15) is 24.2 Å². The molecule has 2 unspecified atom stereocenters. The van der Waals surface area contributed by atoms with Crippen LogP contribution in [0.1, 0.15) is 177 Å². The van der Waals surface area contributed by atoms with Crippen molar-refractivity contribution in [3.8, 4) is 22.5 Å². The van der Waals surface area contributed by atoms with Crippen molar-refractivity contribution in [3.63, 3.8) is 0 Å². The first-order chi connectivity index (χ1) is 63.9. The highest BCUT2D eigenvalue weighted by molar-refractivity contribution is 7.14. The van der Waals surface area contributed by atoms with Crippen LogP contribution in [-0.2, 0) is 86.4 Å². The number of aromatic nitrogens is 4. The molecule has 10 aromatic rings. The zero-order valence-corrected chi connectivity index (χ0v) is 76.5. The maximum absolute atomic E-state index is 13.9. The number of ether oxygens (including phenoxy) is 1. The third kappa shape index (κ3) is 19.5. The summed E-state index contributed by atoms with van der Waals surface area (Å²) in [5.41, 5.74) is 15.2. The van der Waals surface area contributed by atoms with E-state index >= 15 is 0 Å². The normalized spacial score (nSPS) is 18.5. The molecule has 6 aliphatic heterocycles. The van der Waals surface area contributed by atoms with Crippen molar-refractivity contribution >= 4 is 128 Å². The van der Waals surface area contributed by atoms with Crippen molar-refractivity contribution in [1.82, 2.24) is 59.1 Å². The SMILES string of the molecule is Cc1c(NC(=O)c2cc3c(s2)CCCC3)cccc1-c1cn(C)c(=O)c(Nc2ccc([C@@H]3C(=O)N(CCCCCNc4cccc5c4CN(C4CCC(=O)NC4=O)C5=O)CCN3C)cc2)n1.Cc1c(NC(=O)c2cc3c(s2)CCCC3)cccc1-c1cn(C)c(=O)c(Nc2ccc([C@@H]3C(=O)N(CCOCCNc4cccc5c4CN(C4CCC(=O)NC4=O)C5=O)CCN3C)cc2)n1. The Labute approximate surface area is 772 Å². The number of hydrogen-bond acceptors (Lipinski definition) is 23. The van der Waals surface area contributed by atoms with Gasteiger partial charge in [0.15, 0.2) is 11.6 Å². The Morgan fingerprint density at radius 3 is 1.33 bits per heavy atom. The minimum absolute atomic E-state index is 0.0252. The zero-order valence-electron chi connectivity index (χ0n) is 74.9. The number of piperidine rings is 2. The Morgan fingerprint density at radius 1 is 0.462 bits per heavy atom. The number of rotatable bonds is 28. The van der Waals surface area contributed by atoms with Gasteiger partial charge in [0.05, 0.1) is 34.4 Å². The Balaban J connectivity index is 0.000000184. The monoisotopic (exact) mass is 1820 g/mol. The van der Waals surface area contributed by atoms with E-state index in [2.05, 4.69) is 47.4 Å². The molecule has 684 valence electrons. The molecule has 33 heteroatoms. The lowest BCUT2D eigenvalue weighted by molar-refractivity contribution is -0.142. The first-order valence-corrected chi connectivity index (χ1v) is 47.0. The lowest BCUT2D eigenvalue weighted by Gasteiger charge is -2.39. The molecule has 0 radical (unpaired) electrons. The second-order valence-electron chi connectivity index (χ2n) is 35.1. The predicted octanol–water partition coefficient (Wildman–Crippen LogP) is 11.9. The molecule has 6 aromatic carbocycles. The van der Waals surface area contributed by atoms with Gasteiger partial charge in [-0.2, -0.15) is 0 Å². The number of carbonyl (C=O) groups excluding carboxylic acids is 10. The fraction of sp³-hybridized carbons (Fsp3) is 0.374. The highest BCUT2D eigenvalue weighted by Gasteiger charge is 2.43. The molecule has 31 nitrogen and oxygen atoms in total.